The van der Waals surface area contributed by atoms with Gasteiger partial charge in [0.25, 0.3) is 0 Å². The number of hydrogen-bond acceptors (Lipinski definition) is 8. The molecule has 1 amide bonds. The van der Waals surface area contributed by atoms with Crippen LogP contribution in [0.4, 0.5) is 9.93 Å². The number of benzene rings is 3. The number of carbonyl (C=O) groups is 2. The Balaban J connectivity index is 1.51. The van der Waals surface area contributed by atoms with E-state index in [0.717, 1.165) is 16.7 Å². The van der Waals surface area contributed by atoms with E-state index in [2.05, 4.69) is 57.2 Å². The molecule has 0 aliphatic rings. The molecule has 224 valence electrons. The molecule has 3 N–H and O–H groups in total. The number of aromatic nitrogens is 1. The van der Waals surface area contributed by atoms with Gasteiger partial charge in [-0.3, -0.25) is 0 Å². The quantitative estimate of drug-likeness (QED) is 0.0679. The fraction of sp³-hybridized carbons (Fsp3) is 0.273. The highest BCUT2D eigenvalue weighted by molar-refractivity contribution is 7.14. The van der Waals surface area contributed by atoms with Gasteiger partial charge < -0.3 is 25.3 Å². The largest absolute Gasteiger partial charge is 0.476 e. The van der Waals surface area contributed by atoms with Crippen LogP contribution in [0.15, 0.2) is 102 Å². The molecule has 0 saturated heterocycles. The van der Waals surface area contributed by atoms with Crippen LogP contribution < -0.4 is 10.6 Å². The van der Waals surface area contributed by atoms with E-state index < -0.39 is 23.2 Å². The first kappa shape index (κ1) is 31.2. The Labute approximate surface area is 255 Å². The lowest BCUT2D eigenvalue weighted by atomic mass is 9.77. The highest BCUT2D eigenvalue weighted by atomic mass is 32.1. The van der Waals surface area contributed by atoms with Gasteiger partial charge in [0.05, 0.1) is 0 Å². The van der Waals surface area contributed by atoms with Gasteiger partial charge in [-0.15, -0.1) is 11.3 Å². The Bertz CT molecular complexity index is 1410. The Morgan fingerprint density at radius 1 is 0.860 bits per heavy atom. The van der Waals surface area contributed by atoms with Crippen LogP contribution in [0, 0.1) is 0 Å². The van der Waals surface area contributed by atoms with E-state index >= 15 is 0 Å². The van der Waals surface area contributed by atoms with Crippen LogP contribution in [-0.2, 0) is 19.9 Å². The van der Waals surface area contributed by atoms with Crippen LogP contribution in [0.1, 0.15) is 56.0 Å². The third-order valence-electron chi connectivity index (χ3n) is 6.35. The van der Waals surface area contributed by atoms with Gasteiger partial charge in [0.1, 0.15) is 23.4 Å². The maximum absolute atomic E-state index is 12.1. The van der Waals surface area contributed by atoms with Crippen molar-refractivity contribution >= 4 is 34.2 Å². The van der Waals surface area contributed by atoms with Gasteiger partial charge >= 0.3 is 12.1 Å². The molecule has 0 aliphatic carbocycles. The van der Waals surface area contributed by atoms with Crippen molar-refractivity contribution in [2.45, 2.75) is 44.8 Å². The van der Waals surface area contributed by atoms with E-state index in [9.17, 15) is 14.7 Å². The molecular weight excluding hydrogens is 564 g/mol. The second kappa shape index (κ2) is 14.5. The van der Waals surface area contributed by atoms with Crippen molar-refractivity contribution in [3.05, 3.63) is 119 Å². The minimum Gasteiger partial charge on any atom is -0.476 e. The monoisotopic (exact) mass is 600 g/mol. The summed E-state index contributed by atoms with van der Waals surface area (Å²) < 4.78 is 5.20. The lowest BCUT2D eigenvalue weighted by Gasteiger charge is -2.36. The topological polar surface area (TPSA) is 122 Å². The van der Waals surface area contributed by atoms with Crippen molar-refractivity contribution in [2.75, 3.05) is 18.5 Å². The second-order valence-electron chi connectivity index (χ2n) is 10.7. The minimum absolute atomic E-state index is 0.182. The maximum atomic E-state index is 12.1. The number of carboxylic acid groups (broad SMARTS) is 1. The number of carbonyl (C=O) groups excluding carboxylic acids is 1. The van der Waals surface area contributed by atoms with Crippen molar-refractivity contribution in [1.29, 1.82) is 0 Å². The number of nitrogens with one attached hydrogen (secondary N) is 2. The van der Waals surface area contributed by atoms with E-state index in [-0.39, 0.29) is 18.0 Å². The first-order valence-electron chi connectivity index (χ1n) is 14.0. The zero-order chi connectivity index (χ0) is 30.7. The van der Waals surface area contributed by atoms with Crippen LogP contribution >= 0.6 is 11.3 Å². The van der Waals surface area contributed by atoms with Crippen LogP contribution in [-0.4, -0.2) is 46.6 Å². The predicted octanol–water partition coefficient (Wildman–Crippen LogP) is 6.66. The molecule has 3 aromatic carbocycles. The first-order chi connectivity index (χ1) is 20.7. The molecule has 0 atom stereocenters. The van der Waals surface area contributed by atoms with Crippen molar-refractivity contribution < 1.29 is 24.3 Å². The number of thiazole rings is 1. The van der Waals surface area contributed by atoms with Gasteiger partial charge in [-0.2, -0.15) is 0 Å². The van der Waals surface area contributed by atoms with Crippen LogP contribution in [0.2, 0.25) is 0 Å². The molecule has 1 aromatic heterocycles. The molecule has 0 fully saturated rings. The summed E-state index contributed by atoms with van der Waals surface area (Å²) in [6.07, 6.45) is 0.690. The molecule has 10 heteroatoms. The number of anilines is 1. The zero-order valence-electron chi connectivity index (χ0n) is 24.4. The van der Waals surface area contributed by atoms with Gasteiger partial charge in [-0.25, -0.2) is 14.6 Å². The summed E-state index contributed by atoms with van der Waals surface area (Å²) in [5.74, 6) is -1.25. The summed E-state index contributed by atoms with van der Waals surface area (Å²) in [5.41, 5.74) is 1.54. The number of rotatable bonds is 13. The number of oxime groups is 1. The Morgan fingerprint density at radius 3 is 1.88 bits per heavy atom. The number of nitrogens with zero attached hydrogens (tertiary/aromatic N) is 2. The smallest absolute Gasteiger partial charge is 0.407 e. The summed E-state index contributed by atoms with van der Waals surface area (Å²) in [5, 5.41) is 22.2. The highest BCUT2D eigenvalue weighted by Gasteiger charge is 2.37. The molecule has 4 aromatic rings. The number of carboxylic acids is 1. The highest BCUT2D eigenvalue weighted by Crippen LogP contribution is 2.40. The molecule has 0 unspecified atom stereocenters. The maximum Gasteiger partial charge on any atom is 0.407 e. The van der Waals surface area contributed by atoms with Crippen LogP contribution in [0.25, 0.3) is 0 Å². The molecule has 0 spiro atoms. The van der Waals surface area contributed by atoms with E-state index in [0.29, 0.717) is 24.5 Å². The molecule has 4 rings (SSSR count). The summed E-state index contributed by atoms with van der Waals surface area (Å²) in [7, 11) is 0. The van der Waals surface area contributed by atoms with E-state index in [1.54, 1.807) is 26.2 Å². The SMILES string of the molecule is CC(C)(C)OC(=O)NCCCCON=C(C(=O)O)c1csc(NC(c2ccccc2)(c2ccccc2)c2ccccc2)n1. The Hall–Kier alpha value is -4.70. The number of hydrogen-bond donors (Lipinski definition) is 3. The number of alkyl carbamates (subject to hydrolysis) is 1. The predicted molar refractivity (Wildman–Crippen MR) is 169 cm³/mol. The Kier molecular flexibility index (Phi) is 10.5. The average molecular weight is 601 g/mol. The van der Waals surface area contributed by atoms with Crippen molar-refractivity contribution in [1.82, 2.24) is 10.3 Å². The first-order valence-corrected chi connectivity index (χ1v) is 14.9. The van der Waals surface area contributed by atoms with Gasteiger partial charge in [-0.05, 0) is 50.3 Å². The number of amides is 1. The summed E-state index contributed by atoms with van der Waals surface area (Å²) in [6.45, 7) is 5.98. The molecule has 9 nitrogen and oxygen atoms in total. The molecule has 1 heterocycles. The standard InChI is InChI=1S/C33H36N4O5S/c1-32(2,3)42-31(40)34-21-13-14-22-41-37-28(29(38)39)27-23-43-30(35-27)36-33(24-15-7-4-8-16-24,25-17-9-5-10-18-25)26-19-11-6-12-20-26/h4-12,15-20,23H,13-14,21-22H2,1-3H3,(H,34,40)(H,35,36)(H,38,39). The van der Waals surface area contributed by atoms with Crippen LogP contribution in [0.5, 0.6) is 0 Å². The van der Waals surface area contributed by atoms with Crippen molar-refractivity contribution in [3.8, 4) is 0 Å². The number of aliphatic carboxylic acids is 1. The normalized spacial score (nSPS) is 11.9. The lowest BCUT2D eigenvalue weighted by Crippen LogP contribution is -2.38. The van der Waals surface area contributed by atoms with Gasteiger partial charge in [0, 0.05) is 11.9 Å². The van der Waals surface area contributed by atoms with Gasteiger partial charge in [-0.1, -0.05) is 96.2 Å². The molecule has 0 radical (unpaired) electrons. The third-order valence-corrected chi connectivity index (χ3v) is 7.11. The van der Waals surface area contributed by atoms with E-state index in [1.165, 1.54) is 11.3 Å². The van der Waals surface area contributed by atoms with Gasteiger partial charge in [0.15, 0.2) is 5.13 Å². The van der Waals surface area contributed by atoms with Crippen LogP contribution in [0.3, 0.4) is 0 Å². The van der Waals surface area contributed by atoms with E-state index in [4.69, 9.17) is 9.57 Å². The summed E-state index contributed by atoms with van der Waals surface area (Å²) in [6, 6.07) is 30.2. The fourth-order valence-corrected chi connectivity index (χ4v) is 5.23. The second-order valence-corrected chi connectivity index (χ2v) is 11.6. The molecule has 0 aliphatic heterocycles. The molecule has 0 saturated carbocycles. The number of ether oxygens (including phenoxy) is 1. The summed E-state index contributed by atoms with van der Waals surface area (Å²) in [4.78, 5) is 33.8. The zero-order valence-corrected chi connectivity index (χ0v) is 25.3. The number of unbranched alkanes of at least 4 members (excludes halogenated alkanes) is 1. The van der Waals surface area contributed by atoms with Crippen molar-refractivity contribution in [3.63, 3.8) is 0 Å². The Morgan fingerprint density at radius 2 is 1.40 bits per heavy atom. The fourth-order valence-electron chi connectivity index (χ4n) is 4.48. The molecular formula is C33H36N4O5S. The van der Waals surface area contributed by atoms with Crippen molar-refractivity contribution in [2.24, 2.45) is 5.16 Å². The van der Waals surface area contributed by atoms with E-state index in [1.807, 2.05) is 54.6 Å². The van der Waals surface area contributed by atoms with Gasteiger partial charge in [0.2, 0.25) is 5.71 Å². The lowest BCUT2D eigenvalue weighted by molar-refractivity contribution is -0.129. The summed E-state index contributed by atoms with van der Waals surface area (Å²) >= 11 is 1.29. The third kappa shape index (κ3) is 8.42. The minimum atomic E-state index is -1.25. The molecule has 0 bridgehead atoms. The molecule has 43 heavy (non-hydrogen) atoms. The average Bonchev–Trinajstić information content (AvgIpc) is 3.45.